The molecule has 0 radical (unpaired) electrons. The van der Waals surface area contributed by atoms with Gasteiger partial charge >= 0.3 is 0 Å². The van der Waals surface area contributed by atoms with Gasteiger partial charge in [0.1, 0.15) is 23.1 Å². The number of halogens is 2. The first-order valence-corrected chi connectivity index (χ1v) is 9.35. The van der Waals surface area contributed by atoms with Gasteiger partial charge in [-0.2, -0.15) is 5.26 Å². The Kier molecular flexibility index (Phi) is 5.80. The van der Waals surface area contributed by atoms with Crippen molar-refractivity contribution in [1.29, 1.82) is 5.26 Å². The van der Waals surface area contributed by atoms with Crippen LogP contribution in [0, 0.1) is 24.1 Å². The van der Waals surface area contributed by atoms with Crippen LogP contribution in [0.15, 0.2) is 63.4 Å². The van der Waals surface area contributed by atoms with Crippen molar-refractivity contribution in [2.75, 3.05) is 5.32 Å². The van der Waals surface area contributed by atoms with E-state index in [-0.39, 0.29) is 16.8 Å². The van der Waals surface area contributed by atoms with Crippen LogP contribution >= 0.6 is 15.9 Å². The Labute approximate surface area is 174 Å². The molecule has 29 heavy (non-hydrogen) atoms. The Bertz CT molecular complexity index is 1220. The lowest BCUT2D eigenvalue weighted by molar-refractivity contribution is -0.112. The van der Waals surface area contributed by atoms with Gasteiger partial charge in [-0.3, -0.25) is 14.3 Å². The van der Waals surface area contributed by atoms with Gasteiger partial charge < -0.3 is 5.32 Å². The van der Waals surface area contributed by atoms with E-state index in [0.29, 0.717) is 15.9 Å². The standard InChI is InChI=1S/C21H16BrFN4O2/c1-13-19(21(29)27(26(13)2)17-6-4-3-5-7-17)25-20(28)15(12-24)10-14-11-16(22)8-9-18(14)23/h3-11H,1-2H3,(H,25,28)/b15-10+. The quantitative estimate of drug-likeness (QED) is 0.478. The predicted octanol–water partition coefficient (Wildman–Crippen LogP) is 3.93. The minimum Gasteiger partial charge on any atom is -0.315 e. The third-order valence-electron chi connectivity index (χ3n) is 4.42. The van der Waals surface area contributed by atoms with E-state index in [1.807, 2.05) is 6.07 Å². The largest absolute Gasteiger partial charge is 0.315 e. The number of hydrogen-bond acceptors (Lipinski definition) is 3. The van der Waals surface area contributed by atoms with E-state index < -0.39 is 17.3 Å². The topological polar surface area (TPSA) is 79.8 Å². The Morgan fingerprint density at radius 2 is 1.93 bits per heavy atom. The lowest BCUT2D eigenvalue weighted by atomic mass is 10.1. The summed E-state index contributed by atoms with van der Waals surface area (Å²) in [5.74, 6) is -1.37. The first kappa shape index (κ1) is 20.3. The fraction of sp³-hybridized carbons (Fsp3) is 0.0952. The molecule has 0 saturated carbocycles. The Hall–Kier alpha value is -3.44. The number of carbonyl (C=O) groups excluding carboxylic acids is 1. The number of aromatic nitrogens is 2. The third kappa shape index (κ3) is 4.05. The zero-order valence-electron chi connectivity index (χ0n) is 15.6. The second-order valence-corrected chi connectivity index (χ2v) is 7.14. The number of carbonyl (C=O) groups is 1. The molecular weight excluding hydrogens is 439 g/mol. The van der Waals surface area contributed by atoms with Gasteiger partial charge in [0.25, 0.3) is 11.5 Å². The summed E-state index contributed by atoms with van der Waals surface area (Å²) in [6.07, 6.45) is 1.14. The second kappa shape index (κ2) is 8.29. The molecule has 0 bridgehead atoms. The maximum absolute atomic E-state index is 14.0. The summed E-state index contributed by atoms with van der Waals surface area (Å²) in [4.78, 5) is 25.5. The summed E-state index contributed by atoms with van der Waals surface area (Å²) in [6, 6.07) is 14.9. The van der Waals surface area contributed by atoms with Gasteiger partial charge in [-0.05, 0) is 43.3 Å². The summed E-state index contributed by atoms with van der Waals surface area (Å²) in [7, 11) is 1.69. The van der Waals surface area contributed by atoms with Crippen molar-refractivity contribution < 1.29 is 9.18 Å². The molecule has 0 aliphatic rings. The molecule has 0 spiro atoms. The average Bonchev–Trinajstić information content (AvgIpc) is 2.92. The molecule has 0 aliphatic heterocycles. The number of nitrogens with zero attached hydrogens (tertiary/aromatic N) is 3. The van der Waals surface area contributed by atoms with Gasteiger partial charge in [0.15, 0.2) is 0 Å². The average molecular weight is 455 g/mol. The minimum atomic E-state index is -0.794. The van der Waals surface area contributed by atoms with Gasteiger partial charge in [-0.1, -0.05) is 34.1 Å². The van der Waals surface area contributed by atoms with E-state index in [1.54, 1.807) is 49.0 Å². The van der Waals surface area contributed by atoms with E-state index in [0.717, 1.165) is 6.08 Å². The molecule has 0 atom stereocenters. The number of hydrogen-bond donors (Lipinski definition) is 1. The van der Waals surface area contributed by atoms with Crippen LogP contribution in [0.2, 0.25) is 0 Å². The molecule has 2 aromatic carbocycles. The maximum atomic E-state index is 14.0. The molecule has 0 saturated heterocycles. The summed E-state index contributed by atoms with van der Waals surface area (Å²) < 4.78 is 17.6. The number of anilines is 1. The van der Waals surface area contributed by atoms with Gasteiger partial charge in [0.2, 0.25) is 0 Å². The summed E-state index contributed by atoms with van der Waals surface area (Å²) in [5, 5.41) is 11.9. The first-order chi connectivity index (χ1) is 13.8. The molecule has 0 aliphatic carbocycles. The van der Waals surface area contributed by atoms with E-state index >= 15 is 0 Å². The Balaban J connectivity index is 1.99. The molecule has 0 fully saturated rings. The van der Waals surface area contributed by atoms with Crippen molar-refractivity contribution >= 4 is 33.6 Å². The van der Waals surface area contributed by atoms with E-state index in [2.05, 4.69) is 21.2 Å². The highest BCUT2D eigenvalue weighted by Gasteiger charge is 2.20. The molecule has 1 N–H and O–H groups in total. The van der Waals surface area contributed by atoms with Crippen molar-refractivity contribution in [2.24, 2.45) is 7.05 Å². The molecule has 1 aromatic heterocycles. The highest BCUT2D eigenvalue weighted by Crippen LogP contribution is 2.19. The number of rotatable bonds is 4. The fourth-order valence-electron chi connectivity index (χ4n) is 2.82. The zero-order chi connectivity index (χ0) is 21.1. The molecule has 0 unspecified atom stereocenters. The molecule has 8 heteroatoms. The van der Waals surface area contributed by atoms with E-state index in [9.17, 15) is 19.2 Å². The first-order valence-electron chi connectivity index (χ1n) is 8.55. The van der Waals surface area contributed by atoms with Crippen LogP contribution in [-0.2, 0) is 11.8 Å². The molecule has 3 aromatic rings. The lowest BCUT2D eigenvalue weighted by Gasteiger charge is -2.07. The van der Waals surface area contributed by atoms with Crippen molar-refractivity contribution in [2.45, 2.75) is 6.92 Å². The van der Waals surface area contributed by atoms with E-state index in [1.165, 1.54) is 22.9 Å². The third-order valence-corrected chi connectivity index (χ3v) is 4.91. The van der Waals surface area contributed by atoms with Crippen LogP contribution in [0.5, 0.6) is 0 Å². The molecule has 146 valence electrons. The maximum Gasteiger partial charge on any atom is 0.295 e. The van der Waals surface area contributed by atoms with Gasteiger partial charge in [-0.25, -0.2) is 9.07 Å². The number of para-hydroxylation sites is 1. The number of nitriles is 1. The van der Waals surface area contributed by atoms with Gasteiger partial charge in [0, 0.05) is 17.1 Å². The number of benzene rings is 2. The molecule has 3 rings (SSSR count). The lowest BCUT2D eigenvalue weighted by Crippen LogP contribution is -2.23. The van der Waals surface area contributed by atoms with Gasteiger partial charge in [0.05, 0.1) is 11.4 Å². The van der Waals surface area contributed by atoms with Crippen molar-refractivity contribution in [3.05, 3.63) is 86.0 Å². The normalized spacial score (nSPS) is 11.2. The predicted molar refractivity (Wildman–Crippen MR) is 112 cm³/mol. The highest BCUT2D eigenvalue weighted by molar-refractivity contribution is 9.10. The van der Waals surface area contributed by atoms with E-state index in [4.69, 9.17) is 0 Å². The van der Waals surface area contributed by atoms with Crippen molar-refractivity contribution in [1.82, 2.24) is 9.36 Å². The minimum absolute atomic E-state index is 0.0530. The summed E-state index contributed by atoms with van der Waals surface area (Å²) in [5.41, 5.74) is 0.523. The van der Waals surface area contributed by atoms with Crippen LogP contribution in [0.25, 0.3) is 11.8 Å². The van der Waals surface area contributed by atoms with Crippen molar-refractivity contribution in [3.8, 4) is 11.8 Å². The number of nitrogens with one attached hydrogen (secondary N) is 1. The Morgan fingerprint density at radius 1 is 1.24 bits per heavy atom. The zero-order valence-corrected chi connectivity index (χ0v) is 17.2. The van der Waals surface area contributed by atoms with Crippen LogP contribution in [0.1, 0.15) is 11.3 Å². The Morgan fingerprint density at radius 3 is 2.59 bits per heavy atom. The van der Waals surface area contributed by atoms with Gasteiger partial charge in [-0.15, -0.1) is 0 Å². The molecule has 1 heterocycles. The smallest absolute Gasteiger partial charge is 0.295 e. The fourth-order valence-corrected chi connectivity index (χ4v) is 3.20. The van der Waals surface area contributed by atoms with Crippen LogP contribution in [0.4, 0.5) is 10.1 Å². The summed E-state index contributed by atoms with van der Waals surface area (Å²) >= 11 is 3.22. The van der Waals surface area contributed by atoms with Crippen molar-refractivity contribution in [3.63, 3.8) is 0 Å². The monoisotopic (exact) mass is 454 g/mol. The SMILES string of the molecule is Cc1c(NC(=O)/C(C#N)=C/c2cc(Br)ccc2F)c(=O)n(-c2ccccc2)n1C. The van der Waals surface area contributed by atoms with Crippen LogP contribution in [0.3, 0.4) is 0 Å². The van der Waals surface area contributed by atoms with Crippen LogP contribution in [-0.4, -0.2) is 15.3 Å². The second-order valence-electron chi connectivity index (χ2n) is 6.23. The summed E-state index contributed by atoms with van der Waals surface area (Å²) in [6.45, 7) is 1.68. The van der Waals surface area contributed by atoms with Crippen LogP contribution < -0.4 is 10.9 Å². The highest BCUT2D eigenvalue weighted by atomic mass is 79.9. The number of amides is 1. The molecule has 1 amide bonds. The molecule has 6 nitrogen and oxygen atoms in total. The molecular formula is C21H16BrFN4O2.